The highest BCUT2D eigenvalue weighted by molar-refractivity contribution is 7.89. The van der Waals surface area contributed by atoms with Gasteiger partial charge in [0, 0.05) is 0 Å². The van der Waals surface area contributed by atoms with E-state index in [1.165, 1.54) is 12.1 Å². The van der Waals surface area contributed by atoms with Crippen molar-refractivity contribution in [1.82, 2.24) is 5.32 Å². The van der Waals surface area contributed by atoms with E-state index >= 15 is 0 Å². The maximum absolute atomic E-state index is 11.9. The molecule has 3 N–H and O–H groups in total. The van der Waals surface area contributed by atoms with Crippen LogP contribution in [0.5, 0.6) is 5.75 Å². The molecule has 0 radical (unpaired) electrons. The lowest BCUT2D eigenvalue weighted by Crippen LogP contribution is -2.31. The summed E-state index contributed by atoms with van der Waals surface area (Å²) in [6.07, 6.45) is 0. The van der Waals surface area contributed by atoms with Crippen LogP contribution in [0.15, 0.2) is 53.4 Å². The number of halogens is 1. The van der Waals surface area contributed by atoms with Gasteiger partial charge in [0.25, 0.3) is 5.91 Å². The fraction of sp³-hybridized carbons (Fsp3) is 0.188. The van der Waals surface area contributed by atoms with Crippen LogP contribution in [0.2, 0.25) is 5.02 Å². The molecule has 0 aliphatic carbocycles. The molecule has 0 aromatic heterocycles. The first kappa shape index (κ1) is 18.3. The lowest BCUT2D eigenvalue weighted by atomic mass is 10.1. The average Bonchev–Trinajstić information content (AvgIpc) is 2.53. The van der Waals surface area contributed by atoms with Crippen LogP contribution in [0, 0.1) is 0 Å². The summed E-state index contributed by atoms with van der Waals surface area (Å²) in [6.45, 7) is 1.60. The van der Waals surface area contributed by atoms with E-state index in [1.54, 1.807) is 43.3 Å². The third kappa shape index (κ3) is 4.95. The number of ether oxygens (including phenoxy) is 1. The summed E-state index contributed by atoms with van der Waals surface area (Å²) >= 11 is 5.94. The van der Waals surface area contributed by atoms with E-state index in [2.05, 4.69) is 5.32 Å². The number of sulfonamides is 1. The summed E-state index contributed by atoms with van der Waals surface area (Å²) in [5.41, 5.74) is 0.744. The van der Waals surface area contributed by atoms with E-state index in [9.17, 15) is 13.2 Å². The second kappa shape index (κ2) is 7.65. The molecule has 1 amide bonds. The first-order chi connectivity index (χ1) is 11.3. The van der Waals surface area contributed by atoms with Crippen LogP contribution in [0.1, 0.15) is 18.5 Å². The van der Waals surface area contributed by atoms with Crippen molar-refractivity contribution in [3.63, 3.8) is 0 Å². The minimum absolute atomic E-state index is 0.0202. The quantitative estimate of drug-likeness (QED) is 0.816. The van der Waals surface area contributed by atoms with E-state index in [0.29, 0.717) is 10.8 Å². The lowest BCUT2D eigenvalue weighted by Gasteiger charge is -2.15. The second-order valence-electron chi connectivity index (χ2n) is 5.12. The first-order valence-electron chi connectivity index (χ1n) is 7.07. The number of carbonyl (C=O) groups is 1. The van der Waals surface area contributed by atoms with E-state index in [-0.39, 0.29) is 23.5 Å². The Morgan fingerprint density at radius 1 is 1.21 bits per heavy atom. The molecule has 6 nitrogen and oxygen atoms in total. The zero-order valence-electron chi connectivity index (χ0n) is 12.9. The molecule has 0 bridgehead atoms. The van der Waals surface area contributed by atoms with Crippen molar-refractivity contribution in [1.29, 1.82) is 0 Å². The van der Waals surface area contributed by atoms with Gasteiger partial charge in [-0.15, -0.1) is 0 Å². The van der Waals surface area contributed by atoms with Crippen LogP contribution >= 0.6 is 11.6 Å². The Bertz CT molecular complexity index is 822. The molecule has 0 aliphatic heterocycles. The van der Waals surface area contributed by atoms with Crippen molar-refractivity contribution >= 4 is 27.5 Å². The fourth-order valence-corrected chi connectivity index (χ4v) is 2.72. The minimum atomic E-state index is -3.73. The zero-order chi connectivity index (χ0) is 17.7. The monoisotopic (exact) mass is 368 g/mol. The predicted octanol–water partition coefficient (Wildman–Crippen LogP) is 2.24. The Balaban J connectivity index is 1.93. The van der Waals surface area contributed by atoms with Crippen molar-refractivity contribution in [2.75, 3.05) is 6.61 Å². The number of para-hydroxylation sites is 1. The Morgan fingerprint density at radius 2 is 1.83 bits per heavy atom. The Kier molecular flexibility index (Phi) is 5.82. The van der Waals surface area contributed by atoms with Gasteiger partial charge in [-0.3, -0.25) is 4.79 Å². The summed E-state index contributed by atoms with van der Waals surface area (Å²) in [4.78, 5) is 12.0. The van der Waals surface area contributed by atoms with Crippen molar-refractivity contribution in [3.8, 4) is 5.75 Å². The topological polar surface area (TPSA) is 98.5 Å². The third-order valence-electron chi connectivity index (χ3n) is 3.28. The SMILES string of the molecule is CC(NC(=O)COc1ccccc1Cl)c1ccc(S(N)(=O)=O)cc1. The van der Waals surface area contributed by atoms with Gasteiger partial charge < -0.3 is 10.1 Å². The highest BCUT2D eigenvalue weighted by Gasteiger charge is 2.13. The van der Waals surface area contributed by atoms with Gasteiger partial charge in [0.2, 0.25) is 10.0 Å². The van der Waals surface area contributed by atoms with Crippen LogP contribution in [-0.4, -0.2) is 20.9 Å². The lowest BCUT2D eigenvalue weighted by molar-refractivity contribution is -0.123. The van der Waals surface area contributed by atoms with Gasteiger partial charge in [-0.25, -0.2) is 13.6 Å². The number of hydrogen-bond acceptors (Lipinski definition) is 4. The molecular weight excluding hydrogens is 352 g/mol. The van der Waals surface area contributed by atoms with Crippen LogP contribution < -0.4 is 15.2 Å². The van der Waals surface area contributed by atoms with E-state index in [1.807, 2.05) is 0 Å². The number of amides is 1. The molecular formula is C16H17ClN2O4S. The van der Waals surface area contributed by atoms with E-state index < -0.39 is 10.0 Å². The molecule has 1 atom stereocenters. The number of rotatable bonds is 6. The second-order valence-corrected chi connectivity index (χ2v) is 7.09. The van der Waals surface area contributed by atoms with Gasteiger partial charge in [-0.2, -0.15) is 0 Å². The Labute approximate surface area is 145 Å². The van der Waals surface area contributed by atoms with Gasteiger partial charge in [0.15, 0.2) is 6.61 Å². The first-order valence-corrected chi connectivity index (χ1v) is 8.99. The summed E-state index contributed by atoms with van der Waals surface area (Å²) in [5, 5.41) is 8.23. The van der Waals surface area contributed by atoms with Crippen molar-refractivity contribution in [2.45, 2.75) is 17.9 Å². The normalized spacial score (nSPS) is 12.5. The predicted molar refractivity (Wildman–Crippen MR) is 91.3 cm³/mol. The van der Waals surface area contributed by atoms with Gasteiger partial charge in [-0.05, 0) is 36.8 Å². The maximum atomic E-state index is 11.9. The molecule has 128 valence electrons. The number of benzene rings is 2. The minimum Gasteiger partial charge on any atom is -0.482 e. The van der Waals surface area contributed by atoms with Crippen LogP contribution in [0.4, 0.5) is 0 Å². The molecule has 0 saturated heterocycles. The average molecular weight is 369 g/mol. The van der Waals surface area contributed by atoms with Gasteiger partial charge in [-0.1, -0.05) is 35.9 Å². The molecule has 2 aromatic rings. The number of primary sulfonamides is 1. The van der Waals surface area contributed by atoms with Crippen molar-refractivity contribution in [2.24, 2.45) is 5.14 Å². The molecule has 8 heteroatoms. The Morgan fingerprint density at radius 3 is 2.42 bits per heavy atom. The number of nitrogens with two attached hydrogens (primary N) is 1. The molecule has 2 rings (SSSR count). The largest absolute Gasteiger partial charge is 0.482 e. The fourth-order valence-electron chi connectivity index (χ4n) is 2.02. The summed E-state index contributed by atoms with van der Waals surface area (Å²) in [5.74, 6) is 0.109. The Hall–Kier alpha value is -2.09. The highest BCUT2D eigenvalue weighted by Crippen LogP contribution is 2.23. The summed E-state index contributed by atoms with van der Waals surface area (Å²) in [6, 6.07) is 12.5. The molecule has 0 aliphatic rings. The van der Waals surface area contributed by atoms with Crippen LogP contribution in [0.25, 0.3) is 0 Å². The molecule has 0 spiro atoms. The molecule has 0 heterocycles. The molecule has 24 heavy (non-hydrogen) atoms. The smallest absolute Gasteiger partial charge is 0.258 e. The summed E-state index contributed by atoms with van der Waals surface area (Å²) in [7, 11) is -3.73. The number of nitrogens with one attached hydrogen (secondary N) is 1. The van der Waals surface area contributed by atoms with Gasteiger partial charge in [0.1, 0.15) is 5.75 Å². The van der Waals surface area contributed by atoms with Crippen molar-refractivity contribution < 1.29 is 17.9 Å². The molecule has 0 fully saturated rings. The third-order valence-corrected chi connectivity index (χ3v) is 4.52. The molecule has 0 saturated carbocycles. The van der Waals surface area contributed by atoms with Crippen LogP contribution in [0.3, 0.4) is 0 Å². The summed E-state index contributed by atoms with van der Waals surface area (Å²) < 4.78 is 27.8. The van der Waals surface area contributed by atoms with Crippen LogP contribution in [-0.2, 0) is 14.8 Å². The van der Waals surface area contributed by atoms with Gasteiger partial charge >= 0.3 is 0 Å². The molecule has 1 unspecified atom stereocenters. The zero-order valence-corrected chi connectivity index (χ0v) is 14.5. The molecule has 2 aromatic carbocycles. The number of carbonyl (C=O) groups excluding carboxylic acids is 1. The van der Waals surface area contributed by atoms with E-state index in [0.717, 1.165) is 5.56 Å². The van der Waals surface area contributed by atoms with E-state index in [4.69, 9.17) is 21.5 Å². The standard InChI is InChI=1S/C16H17ClN2O4S/c1-11(12-6-8-13(9-7-12)24(18,21)22)19-16(20)10-23-15-5-3-2-4-14(15)17/h2-9,11H,10H2,1H3,(H,19,20)(H2,18,21,22). The maximum Gasteiger partial charge on any atom is 0.258 e. The van der Waals surface area contributed by atoms with Gasteiger partial charge in [0.05, 0.1) is 16.0 Å². The van der Waals surface area contributed by atoms with Crippen molar-refractivity contribution in [3.05, 3.63) is 59.1 Å². The highest BCUT2D eigenvalue weighted by atomic mass is 35.5. The number of hydrogen-bond donors (Lipinski definition) is 2.